The molecule has 2 fully saturated rings. The molecule has 0 bridgehead atoms. The van der Waals surface area contributed by atoms with Gasteiger partial charge in [-0.05, 0) is 51.3 Å². The van der Waals surface area contributed by atoms with E-state index in [4.69, 9.17) is 9.15 Å². The first-order valence-corrected chi connectivity index (χ1v) is 12.1. The fourth-order valence-corrected chi connectivity index (χ4v) is 4.77. The maximum atomic E-state index is 12.3. The van der Waals surface area contributed by atoms with E-state index in [1.807, 2.05) is 18.7 Å². The zero-order chi connectivity index (χ0) is 24.4. The molecule has 34 heavy (non-hydrogen) atoms. The number of rotatable bonds is 6. The average Bonchev–Trinajstić information content (AvgIpc) is 3.40. The Hall–Kier alpha value is -2.94. The Labute approximate surface area is 200 Å². The maximum Gasteiger partial charge on any atom is 0.410 e. The van der Waals surface area contributed by atoms with Crippen molar-refractivity contribution in [3.63, 3.8) is 0 Å². The summed E-state index contributed by atoms with van der Waals surface area (Å²) in [6.45, 7) is 13.7. The number of carbonyl (C=O) groups is 2. The van der Waals surface area contributed by atoms with Crippen LogP contribution in [0.15, 0.2) is 16.5 Å². The molecular formula is C25H35N5O4. The van der Waals surface area contributed by atoms with Gasteiger partial charge >= 0.3 is 6.09 Å². The summed E-state index contributed by atoms with van der Waals surface area (Å²) in [7, 11) is 0. The van der Waals surface area contributed by atoms with Gasteiger partial charge in [-0.2, -0.15) is 0 Å². The van der Waals surface area contributed by atoms with Gasteiger partial charge in [-0.25, -0.2) is 4.79 Å². The van der Waals surface area contributed by atoms with Gasteiger partial charge in [-0.15, -0.1) is 10.2 Å². The minimum absolute atomic E-state index is 0.0240. The van der Waals surface area contributed by atoms with Crippen molar-refractivity contribution in [1.82, 2.24) is 25.3 Å². The number of ether oxygens (including phenoxy) is 1. The van der Waals surface area contributed by atoms with Gasteiger partial charge in [0.2, 0.25) is 17.7 Å². The quantitative estimate of drug-likeness (QED) is 0.694. The van der Waals surface area contributed by atoms with Crippen molar-refractivity contribution in [1.29, 1.82) is 0 Å². The van der Waals surface area contributed by atoms with Gasteiger partial charge in [0, 0.05) is 45.2 Å². The predicted molar refractivity (Wildman–Crippen MR) is 126 cm³/mol. The highest BCUT2D eigenvalue weighted by Crippen LogP contribution is 2.25. The van der Waals surface area contributed by atoms with Gasteiger partial charge in [0.15, 0.2) is 0 Å². The molecule has 9 nitrogen and oxygen atoms in total. The van der Waals surface area contributed by atoms with E-state index in [9.17, 15) is 9.59 Å². The lowest BCUT2D eigenvalue weighted by Gasteiger charge is -2.39. The lowest BCUT2D eigenvalue weighted by atomic mass is 9.96. The first kappa shape index (κ1) is 24.2. The van der Waals surface area contributed by atoms with Crippen LogP contribution in [0.3, 0.4) is 0 Å². The molecule has 184 valence electrons. The van der Waals surface area contributed by atoms with E-state index in [0.29, 0.717) is 37.7 Å². The first-order chi connectivity index (χ1) is 16.2. The van der Waals surface area contributed by atoms with Gasteiger partial charge in [0.05, 0.1) is 18.4 Å². The SMILES string of the molecule is Cc1cc(Cc2nnc([C@@H]3CNC(=O)C3)o2)c(C)c(CN2CCN(C(=O)OC(C)C)[C@@H](C)C2)c1. The van der Waals surface area contributed by atoms with Crippen LogP contribution in [0.2, 0.25) is 0 Å². The highest BCUT2D eigenvalue weighted by molar-refractivity contribution is 5.79. The zero-order valence-electron chi connectivity index (χ0n) is 20.8. The number of nitrogens with zero attached hydrogens (tertiary/aromatic N) is 4. The molecule has 2 aliphatic rings. The van der Waals surface area contributed by atoms with Crippen LogP contribution in [0.4, 0.5) is 4.79 Å². The third-order valence-corrected chi connectivity index (χ3v) is 6.59. The molecule has 1 N–H and O–H groups in total. The Morgan fingerprint density at radius 2 is 2.00 bits per heavy atom. The predicted octanol–water partition coefficient (Wildman–Crippen LogP) is 2.93. The van der Waals surface area contributed by atoms with Crippen LogP contribution >= 0.6 is 0 Å². The van der Waals surface area contributed by atoms with Crippen molar-refractivity contribution >= 4 is 12.0 Å². The molecule has 3 heterocycles. The van der Waals surface area contributed by atoms with E-state index in [1.54, 1.807) is 0 Å². The van der Waals surface area contributed by atoms with Gasteiger partial charge in [0.25, 0.3) is 0 Å². The average molecular weight is 470 g/mol. The van der Waals surface area contributed by atoms with Crippen LogP contribution in [-0.2, 0) is 22.5 Å². The van der Waals surface area contributed by atoms with Gasteiger partial charge in [0.1, 0.15) is 0 Å². The molecule has 2 aromatic rings. The number of benzene rings is 1. The van der Waals surface area contributed by atoms with Gasteiger partial charge in [-0.1, -0.05) is 17.7 Å². The molecule has 1 aromatic heterocycles. The molecule has 0 unspecified atom stereocenters. The Morgan fingerprint density at radius 1 is 1.24 bits per heavy atom. The fraction of sp³-hybridized carbons (Fsp3) is 0.600. The molecule has 4 rings (SSSR count). The second-order valence-corrected chi connectivity index (χ2v) is 9.83. The van der Waals surface area contributed by atoms with Crippen molar-refractivity contribution in [2.75, 3.05) is 26.2 Å². The Kier molecular flexibility index (Phi) is 7.21. The van der Waals surface area contributed by atoms with E-state index < -0.39 is 0 Å². The summed E-state index contributed by atoms with van der Waals surface area (Å²) in [5.74, 6) is 1.08. The Balaban J connectivity index is 1.42. The summed E-state index contributed by atoms with van der Waals surface area (Å²) in [6.07, 6.45) is 0.620. The normalized spacial score (nSPS) is 21.2. The number of aromatic nitrogens is 2. The smallest absolute Gasteiger partial charge is 0.410 e. The summed E-state index contributed by atoms with van der Waals surface area (Å²) in [5.41, 5.74) is 4.84. The molecule has 0 radical (unpaired) electrons. The monoisotopic (exact) mass is 469 g/mol. The molecule has 1 aromatic carbocycles. The highest BCUT2D eigenvalue weighted by Gasteiger charge is 2.30. The second-order valence-electron chi connectivity index (χ2n) is 9.83. The van der Waals surface area contributed by atoms with Crippen LogP contribution < -0.4 is 5.32 Å². The molecule has 2 atom stereocenters. The van der Waals surface area contributed by atoms with Gasteiger partial charge in [-0.3, -0.25) is 9.69 Å². The summed E-state index contributed by atoms with van der Waals surface area (Å²) < 4.78 is 11.3. The van der Waals surface area contributed by atoms with Crippen LogP contribution in [0, 0.1) is 13.8 Å². The van der Waals surface area contributed by atoms with Crippen molar-refractivity contribution in [3.8, 4) is 0 Å². The van der Waals surface area contributed by atoms with Crippen LogP contribution in [-0.4, -0.2) is 70.3 Å². The maximum absolute atomic E-state index is 12.3. The van der Waals surface area contributed by atoms with Crippen molar-refractivity contribution < 1.29 is 18.7 Å². The summed E-state index contributed by atoms with van der Waals surface area (Å²) in [5, 5.41) is 11.2. The Morgan fingerprint density at radius 3 is 2.68 bits per heavy atom. The largest absolute Gasteiger partial charge is 0.447 e. The summed E-state index contributed by atoms with van der Waals surface area (Å²) in [6, 6.07) is 4.50. The summed E-state index contributed by atoms with van der Waals surface area (Å²) in [4.78, 5) is 28.1. The van der Waals surface area contributed by atoms with Gasteiger partial charge < -0.3 is 19.4 Å². The number of piperazine rings is 1. The number of hydrogen-bond donors (Lipinski definition) is 1. The molecule has 9 heteroatoms. The highest BCUT2D eigenvalue weighted by atomic mass is 16.6. The zero-order valence-corrected chi connectivity index (χ0v) is 20.8. The van der Waals surface area contributed by atoms with Crippen LogP contribution in [0.5, 0.6) is 0 Å². The molecule has 0 aliphatic carbocycles. The minimum atomic E-state index is -0.229. The molecule has 0 saturated carbocycles. The van der Waals surface area contributed by atoms with E-state index in [-0.39, 0.29) is 30.1 Å². The number of nitrogens with one attached hydrogen (secondary N) is 1. The lowest BCUT2D eigenvalue weighted by Crippen LogP contribution is -2.54. The first-order valence-electron chi connectivity index (χ1n) is 12.1. The van der Waals surface area contributed by atoms with E-state index >= 15 is 0 Å². The van der Waals surface area contributed by atoms with Crippen molar-refractivity contribution in [3.05, 3.63) is 46.2 Å². The molecular weight excluding hydrogens is 434 g/mol. The van der Waals surface area contributed by atoms with E-state index in [2.05, 4.69) is 53.3 Å². The van der Waals surface area contributed by atoms with Crippen LogP contribution in [0.25, 0.3) is 0 Å². The standard InChI is InChI=1S/C25H35N5O4/c1-15(2)33-25(32)30-7-6-29(13-17(30)4)14-21-9-16(3)8-19(18(21)5)11-23-27-28-24(34-23)20-10-22(31)26-12-20/h8-9,15,17,20H,6-7,10-14H2,1-5H3,(H,26,31)/t17-,20-/m0/s1. The number of hydrogen-bond acceptors (Lipinski definition) is 7. The number of carbonyl (C=O) groups excluding carboxylic acids is 2. The minimum Gasteiger partial charge on any atom is -0.447 e. The number of amides is 2. The van der Waals surface area contributed by atoms with Crippen molar-refractivity contribution in [2.45, 2.75) is 72.1 Å². The van der Waals surface area contributed by atoms with E-state index in [1.165, 1.54) is 16.7 Å². The lowest BCUT2D eigenvalue weighted by molar-refractivity contribution is -0.119. The molecule has 2 aliphatic heterocycles. The third-order valence-electron chi connectivity index (χ3n) is 6.59. The van der Waals surface area contributed by atoms with E-state index in [0.717, 1.165) is 25.2 Å². The Bertz CT molecular complexity index is 1050. The third kappa shape index (κ3) is 5.58. The molecule has 0 spiro atoms. The molecule has 2 saturated heterocycles. The van der Waals surface area contributed by atoms with Crippen LogP contribution in [0.1, 0.15) is 67.1 Å². The fourth-order valence-electron chi connectivity index (χ4n) is 4.77. The summed E-state index contributed by atoms with van der Waals surface area (Å²) >= 11 is 0. The number of aryl methyl sites for hydroxylation is 1. The van der Waals surface area contributed by atoms with Crippen molar-refractivity contribution in [2.24, 2.45) is 0 Å². The topological polar surface area (TPSA) is 101 Å². The second kappa shape index (κ2) is 10.1. The molecule has 2 amide bonds.